The lowest BCUT2D eigenvalue weighted by Gasteiger charge is -2.28. The summed E-state index contributed by atoms with van der Waals surface area (Å²) in [7, 11) is 0. The highest BCUT2D eigenvalue weighted by atomic mass is 15.2. The van der Waals surface area contributed by atoms with E-state index in [2.05, 4.69) is 627 Å². The first-order valence-electron chi connectivity index (χ1n) is 50.5. The van der Waals surface area contributed by atoms with Crippen molar-refractivity contribution in [3.8, 4) is 122 Å². The monoisotopic (exact) mass is 1870 g/mol. The van der Waals surface area contributed by atoms with Crippen LogP contribution >= 0.6 is 0 Å². The first-order valence-corrected chi connectivity index (χ1v) is 50.5. The summed E-state index contributed by atoms with van der Waals surface area (Å²) in [6, 6.07) is 221. The van der Waals surface area contributed by atoms with Crippen LogP contribution in [-0.2, 0) is 0 Å². The zero-order chi connectivity index (χ0) is 98.0. The van der Waals surface area contributed by atoms with Gasteiger partial charge in [0.25, 0.3) is 0 Å². The minimum atomic E-state index is 1.10. The van der Waals surface area contributed by atoms with Crippen LogP contribution in [0.25, 0.3) is 187 Å². The van der Waals surface area contributed by atoms with Crippen molar-refractivity contribution in [1.82, 2.24) is 0 Å². The van der Waals surface area contributed by atoms with Crippen molar-refractivity contribution in [2.24, 2.45) is 0 Å². The van der Waals surface area contributed by atoms with Gasteiger partial charge in [-0.1, -0.05) is 479 Å². The maximum absolute atomic E-state index is 2.40. The standard InChI is InChI=1S/2C50H35N.C44H31N/c1-4-13-36(14-5-1)39-25-29-44(30-26-39)51(45-31-27-40(28-32-45)37-15-6-2-7-16-37)46-20-12-19-42(33-46)50-35-43-24-23-41(38-17-8-3-9-18-38)34-49(43)47-21-10-11-22-48(47)50;1-3-13-36(14-4-1)38-25-29-44(30-26-38)51(45-31-27-39(28-32-45)41-19-11-18-40(33-41)37-15-5-2-6-16-37)46-21-12-20-42(34-46)50-35-43-17-7-8-22-47(43)48-23-9-10-24-49(48)50;1-3-12-32(13-4-1)34-22-26-39(27-23-34)45(44-31-38-16-7-8-19-41(38)42-20-9-10-21-43(42)44)40-28-24-35(25-29-40)37-18-11-17-36(30-37)33-14-5-2-6-15-33/h2*1-35H;1-31H. The molecule has 3 heteroatoms. The Labute approximate surface area is 859 Å². The predicted molar refractivity (Wildman–Crippen MR) is 628 cm³/mol. The molecule has 0 aliphatic rings. The van der Waals surface area contributed by atoms with E-state index in [-0.39, 0.29) is 0 Å². The molecule has 26 aromatic carbocycles. The molecule has 0 aromatic heterocycles. The summed E-state index contributed by atoms with van der Waals surface area (Å²) >= 11 is 0. The summed E-state index contributed by atoms with van der Waals surface area (Å²) in [6.07, 6.45) is 0. The van der Waals surface area contributed by atoms with Crippen molar-refractivity contribution in [3.63, 3.8) is 0 Å². The Morgan fingerprint density at radius 3 is 0.619 bits per heavy atom. The molecule has 0 unspecified atom stereocenters. The van der Waals surface area contributed by atoms with Crippen molar-refractivity contribution in [2.75, 3.05) is 14.7 Å². The third kappa shape index (κ3) is 19.1. The fourth-order valence-electron chi connectivity index (χ4n) is 21.0. The first-order chi connectivity index (χ1) is 72.9. The van der Waals surface area contributed by atoms with Gasteiger partial charge >= 0.3 is 0 Å². The average Bonchev–Trinajstić information content (AvgIpc) is 0.762. The molecule has 0 saturated carbocycles. The molecule has 0 radical (unpaired) electrons. The van der Waals surface area contributed by atoms with Crippen molar-refractivity contribution in [1.29, 1.82) is 0 Å². The molecule has 0 amide bonds. The van der Waals surface area contributed by atoms with E-state index in [9.17, 15) is 0 Å². The van der Waals surface area contributed by atoms with Crippen LogP contribution in [0.2, 0.25) is 0 Å². The van der Waals surface area contributed by atoms with Crippen molar-refractivity contribution in [2.45, 2.75) is 0 Å². The number of fused-ring (bicyclic) bond motifs is 9. The lowest BCUT2D eigenvalue weighted by atomic mass is 9.91. The minimum absolute atomic E-state index is 1.10. The van der Waals surface area contributed by atoms with Crippen molar-refractivity contribution in [3.05, 3.63) is 613 Å². The van der Waals surface area contributed by atoms with Crippen LogP contribution in [0.3, 0.4) is 0 Å². The molecular formula is C144H101N3. The molecule has 26 aromatic rings. The lowest BCUT2D eigenvalue weighted by molar-refractivity contribution is 1.28. The van der Waals surface area contributed by atoms with E-state index in [4.69, 9.17) is 0 Å². The van der Waals surface area contributed by atoms with Crippen molar-refractivity contribution >= 4 is 116 Å². The fraction of sp³-hybridized carbons (Fsp3) is 0. The summed E-state index contributed by atoms with van der Waals surface area (Å²) < 4.78 is 0. The van der Waals surface area contributed by atoms with Gasteiger partial charge < -0.3 is 14.7 Å². The van der Waals surface area contributed by atoms with E-state index >= 15 is 0 Å². The van der Waals surface area contributed by atoms with Gasteiger partial charge in [0.05, 0.1) is 5.69 Å². The van der Waals surface area contributed by atoms with Crippen LogP contribution in [-0.4, -0.2) is 0 Å². The number of hydrogen-bond donors (Lipinski definition) is 0. The van der Waals surface area contributed by atoms with E-state index in [1.54, 1.807) is 0 Å². The second-order valence-electron chi connectivity index (χ2n) is 37.4. The molecule has 0 atom stereocenters. The quantitative estimate of drug-likeness (QED) is 0.0704. The predicted octanol–water partition coefficient (Wildman–Crippen LogP) is 40.7. The van der Waals surface area contributed by atoms with E-state index < -0.39 is 0 Å². The van der Waals surface area contributed by atoms with Gasteiger partial charge in [-0.2, -0.15) is 0 Å². The Kier molecular flexibility index (Phi) is 25.5. The molecule has 692 valence electrons. The molecule has 3 nitrogen and oxygen atoms in total. The number of hydrogen-bond acceptors (Lipinski definition) is 3. The zero-order valence-electron chi connectivity index (χ0n) is 81.2. The lowest BCUT2D eigenvalue weighted by Crippen LogP contribution is -2.10. The van der Waals surface area contributed by atoms with E-state index in [0.29, 0.717) is 0 Å². The Balaban J connectivity index is 0.000000118. The second kappa shape index (κ2) is 41.5. The Bertz CT molecular complexity index is 9040. The molecule has 147 heavy (non-hydrogen) atoms. The maximum atomic E-state index is 2.40. The third-order valence-corrected chi connectivity index (χ3v) is 28.3. The molecule has 0 bridgehead atoms. The van der Waals surface area contributed by atoms with Crippen LogP contribution in [0.4, 0.5) is 51.2 Å². The molecule has 0 saturated heterocycles. The second-order valence-corrected chi connectivity index (χ2v) is 37.4. The molecule has 0 fully saturated rings. The van der Waals surface area contributed by atoms with Crippen LogP contribution < -0.4 is 14.7 Å². The summed E-state index contributed by atoms with van der Waals surface area (Å²) in [5.74, 6) is 0. The molecule has 0 aliphatic carbocycles. The van der Waals surface area contributed by atoms with Crippen LogP contribution in [0, 0.1) is 0 Å². The molecular weight excluding hydrogens is 1770 g/mol. The molecule has 0 N–H and O–H groups in total. The van der Waals surface area contributed by atoms with Crippen LogP contribution in [0.5, 0.6) is 0 Å². The average molecular weight is 1870 g/mol. The van der Waals surface area contributed by atoms with Gasteiger partial charge in [-0.15, -0.1) is 0 Å². The molecule has 26 rings (SSSR count). The maximum Gasteiger partial charge on any atom is 0.0546 e. The highest BCUT2D eigenvalue weighted by Crippen LogP contribution is 2.48. The zero-order valence-corrected chi connectivity index (χ0v) is 81.2. The number of benzene rings is 26. The van der Waals surface area contributed by atoms with E-state index in [1.807, 2.05) is 0 Å². The van der Waals surface area contributed by atoms with E-state index in [0.717, 1.165) is 51.2 Å². The molecule has 0 heterocycles. The number of rotatable bonds is 20. The Morgan fingerprint density at radius 1 is 0.0884 bits per heavy atom. The highest BCUT2D eigenvalue weighted by Gasteiger charge is 2.23. The summed E-state index contributed by atoms with van der Waals surface area (Å²) in [5, 5.41) is 15.1. The van der Waals surface area contributed by atoms with Gasteiger partial charge in [0, 0.05) is 50.9 Å². The largest absolute Gasteiger partial charge is 0.310 e. The summed E-state index contributed by atoms with van der Waals surface area (Å²) in [4.78, 5) is 7.13. The van der Waals surface area contributed by atoms with Crippen molar-refractivity contribution < 1.29 is 0 Å². The highest BCUT2D eigenvalue weighted by molar-refractivity contribution is 6.17. The van der Waals surface area contributed by atoms with Gasteiger partial charge in [0.1, 0.15) is 0 Å². The molecule has 0 aliphatic heterocycles. The first kappa shape index (κ1) is 90.2. The summed E-state index contributed by atoms with van der Waals surface area (Å²) in [5.41, 5.74) is 36.7. The van der Waals surface area contributed by atoms with Gasteiger partial charge in [-0.25, -0.2) is 0 Å². The van der Waals surface area contributed by atoms with E-state index in [1.165, 1.54) is 187 Å². The number of anilines is 9. The van der Waals surface area contributed by atoms with Crippen LogP contribution in [0.1, 0.15) is 0 Å². The van der Waals surface area contributed by atoms with Gasteiger partial charge in [-0.05, 0) is 315 Å². The van der Waals surface area contributed by atoms with Crippen LogP contribution in [0.15, 0.2) is 613 Å². The number of nitrogens with zero attached hydrogens (tertiary/aromatic N) is 3. The minimum Gasteiger partial charge on any atom is -0.310 e. The Morgan fingerprint density at radius 2 is 0.293 bits per heavy atom. The summed E-state index contributed by atoms with van der Waals surface area (Å²) in [6.45, 7) is 0. The van der Waals surface area contributed by atoms with Gasteiger partial charge in [-0.3, -0.25) is 0 Å². The SMILES string of the molecule is c1ccc(-c2ccc(N(c3ccc(-c4cccc(-c5ccccc5)c4)cc3)c3cc4ccccc4c4ccccc34)cc2)cc1.c1ccc(-c2ccc(N(c3ccc(-c4cccc(-c5ccccc5)c4)cc3)c3cccc(-c4cc5ccccc5c5ccccc45)c3)cc2)cc1.c1ccc(-c2ccc(N(c3ccc(-c4ccccc4)cc3)c3cccc(-c4cc5ccc(-c6ccccc6)cc5c5ccccc45)c3)cc2)cc1. The smallest absolute Gasteiger partial charge is 0.0546 e. The van der Waals surface area contributed by atoms with Gasteiger partial charge in [0.2, 0.25) is 0 Å². The normalized spacial score (nSPS) is 11.1. The third-order valence-electron chi connectivity index (χ3n) is 28.3. The van der Waals surface area contributed by atoms with Gasteiger partial charge in [0.15, 0.2) is 0 Å². The topological polar surface area (TPSA) is 9.72 Å². The Hall–Kier alpha value is -19.3. The molecule has 0 spiro atoms. The fourth-order valence-corrected chi connectivity index (χ4v) is 21.0.